The van der Waals surface area contributed by atoms with Crippen molar-refractivity contribution in [1.29, 1.82) is 0 Å². The summed E-state index contributed by atoms with van der Waals surface area (Å²) in [5.41, 5.74) is -0.148. The van der Waals surface area contributed by atoms with Gasteiger partial charge in [-0.05, 0) is 92.7 Å². The van der Waals surface area contributed by atoms with Gasteiger partial charge in [0.15, 0.2) is 0 Å². The molecule has 0 bridgehead atoms. The van der Waals surface area contributed by atoms with E-state index in [1.807, 2.05) is 13.8 Å². The minimum Gasteiger partial charge on any atom is -0.447 e. The number of hydrogen-bond acceptors (Lipinski definition) is 8. The zero-order valence-corrected chi connectivity index (χ0v) is 26.9. The second kappa shape index (κ2) is 13.1. The average Bonchev–Trinajstić information content (AvgIpc) is 3.30. The van der Waals surface area contributed by atoms with Crippen LogP contribution in [0.25, 0.3) is 10.4 Å². The number of aromatic nitrogens is 1. The molecule has 1 aliphatic rings. The number of sulfonamides is 1. The van der Waals surface area contributed by atoms with Crippen molar-refractivity contribution in [1.82, 2.24) is 20.3 Å². The minimum absolute atomic E-state index is 0.0685. The van der Waals surface area contributed by atoms with Gasteiger partial charge < -0.3 is 20.1 Å². The molecule has 0 atom stereocenters. The molecule has 0 saturated heterocycles. The van der Waals surface area contributed by atoms with Gasteiger partial charge in [0.25, 0.3) is 0 Å². The number of benzene rings is 1. The number of carbonyl (C=O) groups is 2. The van der Waals surface area contributed by atoms with E-state index in [1.54, 1.807) is 65.9 Å². The highest BCUT2D eigenvalue weighted by Gasteiger charge is 2.29. The molecule has 3 rings (SSSR count). The largest absolute Gasteiger partial charge is 0.447 e. The molecule has 1 aromatic heterocycles. The van der Waals surface area contributed by atoms with Crippen LogP contribution in [-0.2, 0) is 26.0 Å². The molecule has 1 aromatic carbocycles. The van der Waals surface area contributed by atoms with E-state index in [2.05, 4.69) is 20.3 Å². The molecule has 41 heavy (non-hydrogen) atoms. The molecule has 0 spiro atoms. The van der Waals surface area contributed by atoms with Crippen molar-refractivity contribution in [2.75, 3.05) is 0 Å². The third kappa shape index (κ3) is 10.3. The van der Waals surface area contributed by atoms with Crippen LogP contribution in [0.2, 0.25) is 0 Å². The highest BCUT2D eigenvalue weighted by atomic mass is 32.2. The van der Waals surface area contributed by atoms with Crippen LogP contribution in [0.5, 0.6) is 0 Å². The van der Waals surface area contributed by atoms with Crippen molar-refractivity contribution < 1.29 is 27.5 Å². The Kier molecular flexibility index (Phi) is 10.5. The Labute approximate surface area is 248 Å². The third-order valence-corrected chi connectivity index (χ3v) is 9.13. The summed E-state index contributed by atoms with van der Waals surface area (Å²) in [6.07, 6.45) is 3.98. The second-order valence-corrected chi connectivity index (χ2v) is 15.5. The van der Waals surface area contributed by atoms with Crippen LogP contribution < -0.4 is 15.4 Å². The normalized spacial score (nSPS) is 18.2. The number of carbonyl (C=O) groups excluding carboxylic acids is 2. The first-order valence-corrected chi connectivity index (χ1v) is 16.3. The quantitative estimate of drug-likeness (QED) is 0.331. The molecule has 1 fully saturated rings. The van der Waals surface area contributed by atoms with Crippen LogP contribution in [-0.4, -0.2) is 48.9 Å². The molecule has 1 aliphatic carbocycles. The summed E-state index contributed by atoms with van der Waals surface area (Å²) in [7, 11) is -3.90. The number of amides is 2. The van der Waals surface area contributed by atoms with Gasteiger partial charge in [-0.25, -0.2) is 27.7 Å². The van der Waals surface area contributed by atoms with Crippen molar-refractivity contribution in [2.24, 2.45) is 0 Å². The summed E-state index contributed by atoms with van der Waals surface area (Å²) in [6, 6.07) is 5.23. The number of nitrogens with zero attached hydrogens (tertiary/aromatic N) is 1. The lowest BCUT2D eigenvalue weighted by Gasteiger charge is -2.28. The Hall–Kier alpha value is -2.70. The molecular weight excluding hydrogens is 564 g/mol. The summed E-state index contributed by atoms with van der Waals surface area (Å²) >= 11 is 1.49. The van der Waals surface area contributed by atoms with E-state index in [1.165, 1.54) is 11.3 Å². The fourth-order valence-corrected chi connectivity index (χ4v) is 7.43. The van der Waals surface area contributed by atoms with E-state index >= 15 is 0 Å². The highest BCUT2D eigenvalue weighted by Crippen LogP contribution is 2.39. The highest BCUT2D eigenvalue weighted by molar-refractivity contribution is 7.89. The van der Waals surface area contributed by atoms with E-state index in [-0.39, 0.29) is 35.6 Å². The molecule has 0 radical (unpaired) electrons. The Morgan fingerprint density at radius 1 is 1.05 bits per heavy atom. The van der Waals surface area contributed by atoms with E-state index in [9.17, 15) is 18.0 Å². The zero-order valence-electron chi connectivity index (χ0n) is 25.3. The number of rotatable bonds is 8. The van der Waals surface area contributed by atoms with Gasteiger partial charge >= 0.3 is 12.2 Å². The van der Waals surface area contributed by atoms with E-state index < -0.39 is 27.3 Å². The van der Waals surface area contributed by atoms with Crippen molar-refractivity contribution in [3.63, 3.8) is 0 Å². The lowest BCUT2D eigenvalue weighted by atomic mass is 9.86. The molecule has 10 nitrogen and oxygen atoms in total. The number of thiazole rings is 1. The monoisotopic (exact) mass is 608 g/mol. The Morgan fingerprint density at radius 3 is 2.29 bits per heavy atom. The van der Waals surface area contributed by atoms with Gasteiger partial charge in [-0.3, -0.25) is 0 Å². The van der Waals surface area contributed by atoms with Crippen LogP contribution in [0.1, 0.15) is 97.6 Å². The van der Waals surface area contributed by atoms with Gasteiger partial charge in [0.05, 0.1) is 20.9 Å². The van der Waals surface area contributed by atoms with Gasteiger partial charge in [0, 0.05) is 35.8 Å². The summed E-state index contributed by atoms with van der Waals surface area (Å²) < 4.78 is 40.3. The van der Waals surface area contributed by atoms with Crippen LogP contribution in [0.4, 0.5) is 9.59 Å². The first-order valence-electron chi connectivity index (χ1n) is 14.0. The molecule has 0 unspecified atom stereocenters. The standard InChI is InChI=1S/C29H44N4O6S2/c1-18(2)38-27(35)32-21-12-10-20(11-13-21)25-30-17-23(40-25)22-14-9-19(16-31-26(34)39-29(6,7)8)15-24(22)41(36,37)33-28(3,4)5/h9,14-15,17-18,20-21,33H,10-13,16H2,1-8H3,(H,31,34)(H,32,35). The summed E-state index contributed by atoms with van der Waals surface area (Å²) in [4.78, 5) is 29.7. The molecule has 1 heterocycles. The Bertz CT molecular complexity index is 1320. The topological polar surface area (TPSA) is 136 Å². The summed E-state index contributed by atoms with van der Waals surface area (Å²) in [5.74, 6) is 0.234. The third-order valence-electron chi connectivity index (χ3n) is 6.14. The second-order valence-electron chi connectivity index (χ2n) is 12.8. The minimum atomic E-state index is -3.90. The van der Waals surface area contributed by atoms with Crippen LogP contribution in [0.3, 0.4) is 0 Å². The maximum atomic E-state index is 13.5. The van der Waals surface area contributed by atoms with E-state index in [4.69, 9.17) is 9.47 Å². The molecule has 1 saturated carbocycles. The van der Waals surface area contributed by atoms with Gasteiger partial charge in [0.2, 0.25) is 10.0 Å². The van der Waals surface area contributed by atoms with Gasteiger partial charge in [-0.2, -0.15) is 0 Å². The van der Waals surface area contributed by atoms with Gasteiger partial charge in [-0.15, -0.1) is 11.3 Å². The van der Waals surface area contributed by atoms with Crippen molar-refractivity contribution in [3.05, 3.63) is 35.0 Å². The molecule has 0 aliphatic heterocycles. The van der Waals surface area contributed by atoms with Crippen molar-refractivity contribution in [3.8, 4) is 10.4 Å². The summed E-state index contributed by atoms with van der Waals surface area (Å²) in [5, 5.41) is 6.59. The SMILES string of the molecule is CC(C)OC(=O)NC1CCC(c2ncc(-c3ccc(CNC(=O)OC(C)(C)C)cc3S(=O)(=O)NC(C)(C)C)s2)CC1. The lowest BCUT2D eigenvalue weighted by molar-refractivity contribution is 0.0523. The van der Waals surface area contributed by atoms with Gasteiger partial charge in [0.1, 0.15) is 5.60 Å². The fourth-order valence-electron chi connectivity index (χ4n) is 4.55. The fraction of sp³-hybridized carbons (Fsp3) is 0.621. The smallest absolute Gasteiger partial charge is 0.407 e. The first kappa shape index (κ1) is 32.8. The van der Waals surface area contributed by atoms with Crippen molar-refractivity contribution >= 4 is 33.5 Å². The number of hydrogen-bond donors (Lipinski definition) is 3. The average molecular weight is 609 g/mol. The first-order chi connectivity index (χ1) is 18.9. The number of ether oxygens (including phenoxy) is 2. The lowest BCUT2D eigenvalue weighted by Crippen LogP contribution is -2.40. The number of alkyl carbamates (subject to hydrolysis) is 2. The molecule has 228 valence electrons. The molecule has 12 heteroatoms. The molecular formula is C29H44N4O6S2. The predicted octanol–water partition coefficient (Wildman–Crippen LogP) is 6.07. The zero-order chi connectivity index (χ0) is 30.6. The maximum absolute atomic E-state index is 13.5. The van der Waals surface area contributed by atoms with E-state index in [0.29, 0.717) is 11.1 Å². The van der Waals surface area contributed by atoms with E-state index in [0.717, 1.165) is 35.6 Å². The Balaban J connectivity index is 1.80. The molecule has 2 amide bonds. The van der Waals surface area contributed by atoms with Crippen molar-refractivity contribution in [2.45, 2.75) is 122 Å². The molecule has 3 N–H and O–H groups in total. The van der Waals surface area contributed by atoms with Crippen LogP contribution in [0, 0.1) is 0 Å². The maximum Gasteiger partial charge on any atom is 0.407 e. The predicted molar refractivity (Wildman–Crippen MR) is 160 cm³/mol. The van der Waals surface area contributed by atoms with Gasteiger partial charge in [-0.1, -0.05) is 12.1 Å². The summed E-state index contributed by atoms with van der Waals surface area (Å²) in [6.45, 7) is 14.5. The van der Waals surface area contributed by atoms with Crippen LogP contribution >= 0.6 is 11.3 Å². The molecule has 2 aromatic rings. The Morgan fingerprint density at radius 2 is 1.71 bits per heavy atom. The van der Waals surface area contributed by atoms with Crippen LogP contribution in [0.15, 0.2) is 29.3 Å². The number of nitrogens with one attached hydrogen (secondary N) is 3.